The Morgan fingerprint density at radius 2 is 2.00 bits per heavy atom. The van der Waals surface area contributed by atoms with Crippen LogP contribution < -0.4 is 11.1 Å². The summed E-state index contributed by atoms with van der Waals surface area (Å²) in [6.45, 7) is 0.586. The number of aromatic hydroxyl groups is 1. The fraction of sp³-hybridized carbons (Fsp3) is 0.0769. The Bertz CT molecular complexity index is 552. The van der Waals surface area contributed by atoms with E-state index in [0.717, 1.165) is 11.3 Å². The number of nitrogens with zero attached hydrogens (tertiary/aromatic N) is 1. The van der Waals surface area contributed by atoms with E-state index in [1.54, 1.807) is 24.3 Å². The molecule has 4 N–H and O–H groups in total. The van der Waals surface area contributed by atoms with E-state index in [1.165, 1.54) is 6.20 Å². The number of nitrogens with two attached hydrogens (primary N) is 1. The molecule has 2 aromatic rings. The van der Waals surface area contributed by atoms with Gasteiger partial charge in [-0.05, 0) is 29.8 Å². The third kappa shape index (κ3) is 2.98. The van der Waals surface area contributed by atoms with E-state index in [1.807, 2.05) is 12.1 Å². The van der Waals surface area contributed by atoms with E-state index in [0.29, 0.717) is 6.54 Å². The third-order valence-corrected chi connectivity index (χ3v) is 2.45. The lowest BCUT2D eigenvalue weighted by molar-refractivity contribution is 0.0995. The highest BCUT2D eigenvalue weighted by atomic mass is 16.3. The van der Waals surface area contributed by atoms with Crippen molar-refractivity contribution in [2.45, 2.75) is 6.54 Å². The summed E-state index contributed by atoms with van der Waals surface area (Å²) >= 11 is 0. The van der Waals surface area contributed by atoms with Crippen molar-refractivity contribution in [3.05, 3.63) is 53.9 Å². The Labute approximate surface area is 104 Å². The van der Waals surface area contributed by atoms with Crippen LogP contribution in [0.3, 0.4) is 0 Å². The Hall–Kier alpha value is -2.56. The quantitative estimate of drug-likeness (QED) is 0.759. The van der Waals surface area contributed by atoms with Crippen LogP contribution in [-0.4, -0.2) is 16.0 Å². The molecule has 18 heavy (non-hydrogen) atoms. The first-order valence-electron chi connectivity index (χ1n) is 5.43. The number of phenolic OH excluding ortho intramolecular Hbond substituents is 1. The van der Waals surface area contributed by atoms with Crippen molar-refractivity contribution in [3.63, 3.8) is 0 Å². The van der Waals surface area contributed by atoms with Crippen LogP contribution >= 0.6 is 0 Å². The molecule has 5 nitrogen and oxygen atoms in total. The minimum atomic E-state index is -0.553. The van der Waals surface area contributed by atoms with E-state index < -0.39 is 5.91 Å². The monoisotopic (exact) mass is 243 g/mol. The Kier molecular flexibility index (Phi) is 3.43. The van der Waals surface area contributed by atoms with Gasteiger partial charge < -0.3 is 16.2 Å². The zero-order valence-electron chi connectivity index (χ0n) is 9.63. The largest absolute Gasteiger partial charge is 0.508 e. The number of pyridine rings is 1. The van der Waals surface area contributed by atoms with Gasteiger partial charge in [0, 0.05) is 18.4 Å². The van der Waals surface area contributed by atoms with Gasteiger partial charge in [-0.15, -0.1) is 0 Å². The molecule has 1 aromatic carbocycles. The summed E-state index contributed by atoms with van der Waals surface area (Å²) in [5, 5.41) is 12.3. The Morgan fingerprint density at radius 3 is 2.67 bits per heavy atom. The molecule has 5 heteroatoms. The second kappa shape index (κ2) is 5.18. The van der Waals surface area contributed by atoms with Crippen molar-refractivity contribution in [2.75, 3.05) is 5.32 Å². The van der Waals surface area contributed by atoms with Gasteiger partial charge in [-0.3, -0.25) is 9.78 Å². The van der Waals surface area contributed by atoms with Crippen LogP contribution in [0, 0.1) is 0 Å². The van der Waals surface area contributed by atoms with Crippen molar-refractivity contribution in [3.8, 4) is 5.75 Å². The van der Waals surface area contributed by atoms with Crippen LogP contribution in [0.15, 0.2) is 42.6 Å². The molecule has 92 valence electrons. The van der Waals surface area contributed by atoms with Gasteiger partial charge in [0.25, 0.3) is 5.91 Å². The number of primary amides is 1. The van der Waals surface area contributed by atoms with Gasteiger partial charge in [0.15, 0.2) is 0 Å². The number of amides is 1. The van der Waals surface area contributed by atoms with E-state index in [4.69, 9.17) is 10.8 Å². The van der Waals surface area contributed by atoms with Gasteiger partial charge in [0.1, 0.15) is 11.4 Å². The maximum Gasteiger partial charge on any atom is 0.267 e. The molecule has 0 atom stereocenters. The fourth-order valence-corrected chi connectivity index (χ4v) is 1.49. The van der Waals surface area contributed by atoms with Crippen LogP contribution in [0.5, 0.6) is 5.75 Å². The number of benzene rings is 1. The van der Waals surface area contributed by atoms with Crippen molar-refractivity contribution in [2.24, 2.45) is 5.73 Å². The highest BCUT2D eigenvalue weighted by Gasteiger charge is 2.02. The van der Waals surface area contributed by atoms with Crippen LogP contribution in [0.4, 0.5) is 5.69 Å². The lowest BCUT2D eigenvalue weighted by atomic mass is 10.2. The maximum atomic E-state index is 11.0. The van der Waals surface area contributed by atoms with Gasteiger partial charge in [-0.1, -0.05) is 12.1 Å². The molecular formula is C13H13N3O2. The molecule has 0 aliphatic rings. The SMILES string of the molecule is NC(=O)c1cc(NCc2ccc(O)cc2)ccn1. The second-order valence-corrected chi connectivity index (χ2v) is 3.81. The lowest BCUT2D eigenvalue weighted by Crippen LogP contribution is -2.13. The molecule has 1 amide bonds. The standard InChI is InChI=1S/C13H13N3O2/c14-13(18)12-7-10(5-6-15-12)16-8-9-1-3-11(17)4-2-9/h1-7,17H,8H2,(H2,14,18)(H,15,16). The third-order valence-electron chi connectivity index (χ3n) is 2.45. The van der Waals surface area contributed by atoms with Crippen molar-refractivity contribution < 1.29 is 9.90 Å². The number of carbonyl (C=O) groups is 1. The zero-order chi connectivity index (χ0) is 13.0. The number of hydrogen-bond donors (Lipinski definition) is 3. The number of rotatable bonds is 4. The highest BCUT2D eigenvalue weighted by Crippen LogP contribution is 2.12. The smallest absolute Gasteiger partial charge is 0.267 e. The fourth-order valence-electron chi connectivity index (χ4n) is 1.49. The summed E-state index contributed by atoms with van der Waals surface area (Å²) < 4.78 is 0. The maximum absolute atomic E-state index is 11.0. The molecule has 0 aliphatic heterocycles. The van der Waals surface area contributed by atoms with E-state index in [-0.39, 0.29) is 11.4 Å². The second-order valence-electron chi connectivity index (χ2n) is 3.81. The van der Waals surface area contributed by atoms with Crippen LogP contribution in [0.1, 0.15) is 16.1 Å². The molecule has 0 bridgehead atoms. The molecule has 0 saturated heterocycles. The summed E-state index contributed by atoms with van der Waals surface area (Å²) in [5.41, 5.74) is 7.17. The molecular weight excluding hydrogens is 230 g/mol. The predicted octanol–water partition coefficient (Wildman–Crippen LogP) is 1.50. The molecule has 0 fully saturated rings. The number of nitrogens with one attached hydrogen (secondary N) is 1. The first-order chi connectivity index (χ1) is 8.65. The van der Waals surface area contributed by atoms with Crippen LogP contribution in [-0.2, 0) is 6.54 Å². The van der Waals surface area contributed by atoms with Crippen molar-refractivity contribution in [1.29, 1.82) is 0 Å². The molecule has 0 radical (unpaired) electrons. The average molecular weight is 243 g/mol. The zero-order valence-corrected chi connectivity index (χ0v) is 9.63. The normalized spacial score (nSPS) is 10.0. The van der Waals surface area contributed by atoms with Gasteiger partial charge >= 0.3 is 0 Å². The molecule has 1 aromatic heterocycles. The van der Waals surface area contributed by atoms with E-state index >= 15 is 0 Å². The minimum absolute atomic E-state index is 0.228. The van der Waals surface area contributed by atoms with Crippen molar-refractivity contribution >= 4 is 11.6 Å². The molecule has 0 aliphatic carbocycles. The first-order valence-corrected chi connectivity index (χ1v) is 5.43. The van der Waals surface area contributed by atoms with Gasteiger partial charge in [0.05, 0.1) is 0 Å². The summed E-state index contributed by atoms with van der Waals surface area (Å²) in [6.07, 6.45) is 1.53. The summed E-state index contributed by atoms with van der Waals surface area (Å²) in [4.78, 5) is 14.8. The molecule has 0 saturated carbocycles. The molecule has 2 rings (SSSR count). The topological polar surface area (TPSA) is 88.2 Å². The Balaban J connectivity index is 2.04. The van der Waals surface area contributed by atoms with Gasteiger partial charge in [0.2, 0.25) is 0 Å². The van der Waals surface area contributed by atoms with E-state index in [9.17, 15) is 4.79 Å². The highest BCUT2D eigenvalue weighted by molar-refractivity contribution is 5.91. The number of aromatic nitrogens is 1. The van der Waals surface area contributed by atoms with Crippen molar-refractivity contribution in [1.82, 2.24) is 4.98 Å². The lowest BCUT2D eigenvalue weighted by Gasteiger charge is -2.07. The van der Waals surface area contributed by atoms with Crippen LogP contribution in [0.25, 0.3) is 0 Å². The summed E-state index contributed by atoms with van der Waals surface area (Å²) in [7, 11) is 0. The number of hydrogen-bond acceptors (Lipinski definition) is 4. The number of phenols is 1. The minimum Gasteiger partial charge on any atom is -0.508 e. The number of carbonyl (C=O) groups excluding carboxylic acids is 1. The van der Waals surface area contributed by atoms with Crippen LogP contribution in [0.2, 0.25) is 0 Å². The Morgan fingerprint density at radius 1 is 1.28 bits per heavy atom. The number of anilines is 1. The first kappa shape index (κ1) is 11.9. The van der Waals surface area contributed by atoms with Gasteiger partial charge in [-0.2, -0.15) is 0 Å². The molecule has 0 unspecified atom stereocenters. The molecule has 1 heterocycles. The summed E-state index contributed by atoms with van der Waals surface area (Å²) in [6, 6.07) is 10.2. The van der Waals surface area contributed by atoms with E-state index in [2.05, 4.69) is 10.3 Å². The molecule has 0 spiro atoms. The predicted molar refractivity (Wildman–Crippen MR) is 68.2 cm³/mol. The summed E-state index contributed by atoms with van der Waals surface area (Å²) in [5.74, 6) is -0.318. The average Bonchev–Trinajstić information content (AvgIpc) is 2.38. The van der Waals surface area contributed by atoms with Gasteiger partial charge in [-0.25, -0.2) is 0 Å².